The van der Waals surface area contributed by atoms with Crippen molar-refractivity contribution in [3.63, 3.8) is 0 Å². The topological polar surface area (TPSA) is 86.4 Å². The molecule has 4 rings (SSSR count). The van der Waals surface area contributed by atoms with Crippen molar-refractivity contribution in [1.29, 1.82) is 5.26 Å². The van der Waals surface area contributed by atoms with Crippen LogP contribution in [0.4, 0.5) is 0 Å². The van der Waals surface area contributed by atoms with E-state index in [-0.39, 0.29) is 29.5 Å². The number of carbonyl (C=O) groups is 1. The van der Waals surface area contributed by atoms with Gasteiger partial charge in [0.15, 0.2) is 0 Å². The zero-order valence-corrected chi connectivity index (χ0v) is 17.4. The monoisotopic (exact) mass is 412 g/mol. The van der Waals surface area contributed by atoms with E-state index in [0.717, 1.165) is 24.2 Å². The predicted molar refractivity (Wildman–Crippen MR) is 108 cm³/mol. The molecule has 0 N–H and O–H groups in total. The van der Waals surface area contributed by atoms with Crippen LogP contribution in [0.25, 0.3) is 0 Å². The van der Waals surface area contributed by atoms with E-state index in [1.807, 2.05) is 26.0 Å². The number of amides is 1. The number of nitriles is 1. The van der Waals surface area contributed by atoms with E-state index in [2.05, 4.69) is 4.57 Å². The Bertz CT molecular complexity index is 1100. The van der Waals surface area contributed by atoms with E-state index in [9.17, 15) is 18.5 Å². The van der Waals surface area contributed by atoms with E-state index in [4.69, 9.17) is 0 Å². The molecule has 1 aliphatic carbocycles. The second-order valence-corrected chi connectivity index (χ2v) is 9.60. The van der Waals surface area contributed by atoms with Gasteiger partial charge in [0.25, 0.3) is 5.91 Å². The molecule has 7 nitrogen and oxygen atoms in total. The summed E-state index contributed by atoms with van der Waals surface area (Å²) in [5, 5.41) is 9.23. The Morgan fingerprint density at radius 2 is 1.76 bits per heavy atom. The quantitative estimate of drug-likeness (QED) is 0.772. The molecular formula is C21H24N4O3S. The highest BCUT2D eigenvalue weighted by Crippen LogP contribution is 2.38. The van der Waals surface area contributed by atoms with Gasteiger partial charge in [-0.1, -0.05) is 12.1 Å². The molecule has 0 unspecified atom stereocenters. The molecule has 2 aromatic rings. The summed E-state index contributed by atoms with van der Waals surface area (Å²) >= 11 is 0. The van der Waals surface area contributed by atoms with Crippen LogP contribution >= 0.6 is 0 Å². The van der Waals surface area contributed by atoms with Gasteiger partial charge in [-0.05, 0) is 44.9 Å². The van der Waals surface area contributed by atoms with Crippen LogP contribution in [0.1, 0.15) is 46.2 Å². The number of hydrogen-bond donors (Lipinski definition) is 0. The summed E-state index contributed by atoms with van der Waals surface area (Å²) in [7, 11) is -3.76. The molecule has 152 valence electrons. The van der Waals surface area contributed by atoms with E-state index in [1.165, 1.54) is 16.4 Å². The highest BCUT2D eigenvalue weighted by Gasteiger charge is 2.34. The van der Waals surface area contributed by atoms with Crippen LogP contribution in [-0.2, 0) is 10.0 Å². The molecule has 1 aromatic heterocycles. The van der Waals surface area contributed by atoms with Gasteiger partial charge in [0, 0.05) is 43.6 Å². The smallest absolute Gasteiger partial charge is 0.255 e. The molecule has 0 atom stereocenters. The Hall–Kier alpha value is -2.63. The van der Waals surface area contributed by atoms with Crippen LogP contribution in [0.15, 0.2) is 35.2 Å². The van der Waals surface area contributed by atoms with Gasteiger partial charge in [-0.25, -0.2) is 8.42 Å². The molecule has 0 bridgehead atoms. The van der Waals surface area contributed by atoms with Gasteiger partial charge in [0.2, 0.25) is 10.0 Å². The molecular weight excluding hydrogens is 388 g/mol. The lowest BCUT2D eigenvalue weighted by Crippen LogP contribution is -2.50. The number of hydrogen-bond acceptors (Lipinski definition) is 4. The standard InChI is InChI=1S/C21H24N4O3S/c1-15-13-19(16(2)25(15)18-7-8-18)21(26)23-9-11-24(12-10-23)29(27,28)20-6-4-3-5-17(20)14-22/h3-6,13,18H,7-12H2,1-2H3. The normalized spacial score (nSPS) is 17.9. The summed E-state index contributed by atoms with van der Waals surface area (Å²) in [5.74, 6) is -0.0422. The van der Waals surface area contributed by atoms with Gasteiger partial charge in [-0.15, -0.1) is 0 Å². The van der Waals surface area contributed by atoms with Crippen LogP contribution in [0.5, 0.6) is 0 Å². The van der Waals surface area contributed by atoms with Gasteiger partial charge in [0.1, 0.15) is 6.07 Å². The second-order valence-electron chi connectivity index (χ2n) is 7.69. The van der Waals surface area contributed by atoms with Crippen LogP contribution in [0, 0.1) is 25.2 Å². The summed E-state index contributed by atoms with van der Waals surface area (Å²) in [6.45, 7) is 5.11. The number of nitrogens with zero attached hydrogens (tertiary/aromatic N) is 4. The maximum absolute atomic E-state index is 13.1. The van der Waals surface area contributed by atoms with Gasteiger partial charge in [-0.2, -0.15) is 9.57 Å². The van der Waals surface area contributed by atoms with Crippen molar-refractivity contribution in [2.45, 2.75) is 37.6 Å². The zero-order chi connectivity index (χ0) is 20.8. The van der Waals surface area contributed by atoms with Crippen LogP contribution < -0.4 is 0 Å². The Labute approximate surface area is 171 Å². The first-order valence-corrected chi connectivity index (χ1v) is 11.3. The minimum Gasteiger partial charge on any atom is -0.345 e. The van der Waals surface area contributed by atoms with Crippen molar-refractivity contribution in [2.24, 2.45) is 0 Å². The fourth-order valence-corrected chi connectivity index (χ4v) is 5.68. The number of benzene rings is 1. The average Bonchev–Trinajstić information content (AvgIpc) is 3.52. The first-order valence-electron chi connectivity index (χ1n) is 9.81. The molecule has 1 aromatic carbocycles. The molecule has 1 saturated heterocycles. The first kappa shape index (κ1) is 19.7. The van der Waals surface area contributed by atoms with Gasteiger partial charge < -0.3 is 9.47 Å². The fraction of sp³-hybridized carbons (Fsp3) is 0.429. The molecule has 2 heterocycles. The summed E-state index contributed by atoms with van der Waals surface area (Å²) in [5.41, 5.74) is 2.94. The molecule has 2 aliphatic rings. The first-order chi connectivity index (χ1) is 13.8. The summed E-state index contributed by atoms with van der Waals surface area (Å²) in [4.78, 5) is 14.8. The lowest BCUT2D eigenvalue weighted by molar-refractivity contribution is 0.0697. The van der Waals surface area contributed by atoms with Crippen LogP contribution in [-0.4, -0.2) is 54.3 Å². The number of rotatable bonds is 4. The molecule has 1 aliphatic heterocycles. The van der Waals surface area contributed by atoms with E-state index >= 15 is 0 Å². The molecule has 8 heteroatoms. The molecule has 29 heavy (non-hydrogen) atoms. The fourth-order valence-electron chi connectivity index (χ4n) is 4.11. The van der Waals surface area contributed by atoms with Crippen molar-refractivity contribution in [3.8, 4) is 6.07 Å². The predicted octanol–water partition coefficient (Wildman–Crippen LogP) is 2.46. The van der Waals surface area contributed by atoms with Crippen molar-refractivity contribution in [3.05, 3.63) is 52.8 Å². The SMILES string of the molecule is Cc1cc(C(=O)N2CCN(S(=O)(=O)c3ccccc3C#N)CC2)c(C)n1C1CC1. The van der Waals surface area contributed by atoms with Crippen molar-refractivity contribution < 1.29 is 13.2 Å². The third-order valence-corrected chi connectivity index (χ3v) is 7.73. The van der Waals surface area contributed by atoms with Crippen molar-refractivity contribution in [2.75, 3.05) is 26.2 Å². The largest absolute Gasteiger partial charge is 0.345 e. The Morgan fingerprint density at radius 1 is 1.10 bits per heavy atom. The average molecular weight is 413 g/mol. The molecule has 0 radical (unpaired) electrons. The molecule has 1 amide bonds. The second kappa shape index (κ2) is 7.32. The van der Waals surface area contributed by atoms with Crippen LogP contribution in [0.2, 0.25) is 0 Å². The Morgan fingerprint density at radius 3 is 2.38 bits per heavy atom. The van der Waals surface area contributed by atoms with E-state index < -0.39 is 10.0 Å². The van der Waals surface area contributed by atoms with Gasteiger partial charge in [0.05, 0.1) is 16.0 Å². The number of aromatic nitrogens is 1. The molecule has 2 fully saturated rings. The highest BCUT2D eigenvalue weighted by atomic mass is 32.2. The minimum atomic E-state index is -3.76. The van der Waals surface area contributed by atoms with Crippen LogP contribution in [0.3, 0.4) is 0 Å². The molecule has 1 saturated carbocycles. The maximum atomic E-state index is 13.1. The number of sulfonamides is 1. The van der Waals surface area contributed by atoms with Gasteiger partial charge in [-0.3, -0.25) is 4.79 Å². The maximum Gasteiger partial charge on any atom is 0.255 e. The van der Waals surface area contributed by atoms with Gasteiger partial charge >= 0.3 is 0 Å². The number of piperazine rings is 1. The third-order valence-electron chi connectivity index (χ3n) is 5.78. The number of aryl methyl sites for hydroxylation is 1. The minimum absolute atomic E-state index is 0.0234. The van der Waals surface area contributed by atoms with Crippen molar-refractivity contribution in [1.82, 2.24) is 13.8 Å². The third kappa shape index (κ3) is 3.45. The lowest BCUT2D eigenvalue weighted by atomic mass is 10.2. The number of carbonyl (C=O) groups excluding carboxylic acids is 1. The lowest BCUT2D eigenvalue weighted by Gasteiger charge is -2.34. The van der Waals surface area contributed by atoms with E-state index in [1.54, 1.807) is 17.0 Å². The summed E-state index contributed by atoms with van der Waals surface area (Å²) in [6.07, 6.45) is 2.31. The van der Waals surface area contributed by atoms with Crippen molar-refractivity contribution >= 4 is 15.9 Å². The Kier molecular flexibility index (Phi) is 4.97. The van der Waals surface area contributed by atoms with E-state index in [0.29, 0.717) is 24.7 Å². The highest BCUT2D eigenvalue weighted by molar-refractivity contribution is 7.89. The summed E-state index contributed by atoms with van der Waals surface area (Å²) < 4.78 is 29.5. The summed E-state index contributed by atoms with van der Waals surface area (Å²) in [6, 6.07) is 10.6. The Balaban J connectivity index is 1.49. The molecule has 0 spiro atoms. The zero-order valence-electron chi connectivity index (χ0n) is 16.6.